The monoisotopic (exact) mass is 453 g/mol. The number of thiazole rings is 1. The fraction of sp³-hybridized carbons (Fsp3) is 0.440. The molecule has 32 heavy (non-hydrogen) atoms. The van der Waals surface area contributed by atoms with E-state index in [1.807, 2.05) is 36.1 Å². The molecule has 6 nitrogen and oxygen atoms in total. The van der Waals surface area contributed by atoms with Gasteiger partial charge in [-0.1, -0.05) is 17.4 Å². The zero-order valence-electron chi connectivity index (χ0n) is 19.1. The quantitative estimate of drug-likeness (QED) is 0.496. The lowest BCUT2D eigenvalue weighted by Gasteiger charge is -2.27. The van der Waals surface area contributed by atoms with E-state index >= 15 is 0 Å². The first-order chi connectivity index (χ1) is 15.5. The van der Waals surface area contributed by atoms with E-state index in [9.17, 15) is 4.79 Å². The smallest absolute Gasteiger partial charge is 0.260 e. The number of hydrogen-bond acceptors (Lipinski definition) is 6. The van der Waals surface area contributed by atoms with Crippen LogP contribution in [0.1, 0.15) is 34.8 Å². The molecule has 0 spiro atoms. The summed E-state index contributed by atoms with van der Waals surface area (Å²) in [5, 5.41) is 0.759. The Hall–Kier alpha value is -2.48. The summed E-state index contributed by atoms with van der Waals surface area (Å²) in [4.78, 5) is 22.7. The molecule has 1 aromatic heterocycles. The number of anilines is 1. The van der Waals surface area contributed by atoms with Gasteiger partial charge in [0.05, 0.1) is 30.0 Å². The van der Waals surface area contributed by atoms with Crippen LogP contribution in [0, 0.1) is 13.8 Å². The van der Waals surface area contributed by atoms with E-state index < -0.39 is 0 Å². The maximum Gasteiger partial charge on any atom is 0.260 e. The minimum Gasteiger partial charge on any atom is -0.494 e. The van der Waals surface area contributed by atoms with Crippen molar-refractivity contribution in [3.05, 3.63) is 53.1 Å². The number of rotatable bonds is 8. The zero-order valence-corrected chi connectivity index (χ0v) is 19.9. The van der Waals surface area contributed by atoms with Gasteiger partial charge in [0.15, 0.2) is 5.13 Å². The van der Waals surface area contributed by atoms with Crippen molar-refractivity contribution in [2.45, 2.75) is 27.2 Å². The van der Waals surface area contributed by atoms with Crippen molar-refractivity contribution in [2.24, 2.45) is 0 Å². The molecular weight excluding hydrogens is 422 g/mol. The summed E-state index contributed by atoms with van der Waals surface area (Å²) in [5.74, 6) is 0.748. The third-order valence-electron chi connectivity index (χ3n) is 5.67. The van der Waals surface area contributed by atoms with Crippen LogP contribution >= 0.6 is 11.3 Å². The molecule has 1 saturated heterocycles. The molecule has 0 radical (unpaired) electrons. The topological polar surface area (TPSA) is 54.9 Å². The first-order valence-corrected chi connectivity index (χ1v) is 12.1. The summed E-state index contributed by atoms with van der Waals surface area (Å²) in [6.07, 6.45) is 0.886. The minimum atomic E-state index is -0.0246. The van der Waals surface area contributed by atoms with Crippen molar-refractivity contribution in [3.63, 3.8) is 0 Å². The average Bonchev–Trinajstić information content (AvgIpc) is 3.22. The molecule has 3 aromatic rings. The van der Waals surface area contributed by atoms with Crippen molar-refractivity contribution in [2.75, 3.05) is 50.9 Å². The summed E-state index contributed by atoms with van der Waals surface area (Å²) in [5.41, 5.74) is 3.98. The number of morpholine rings is 1. The number of hydrogen-bond donors (Lipinski definition) is 0. The fourth-order valence-electron chi connectivity index (χ4n) is 4.05. The van der Waals surface area contributed by atoms with E-state index in [1.165, 1.54) is 5.56 Å². The summed E-state index contributed by atoms with van der Waals surface area (Å²) in [7, 11) is 0. The zero-order chi connectivity index (χ0) is 22.5. The Morgan fingerprint density at radius 1 is 1.19 bits per heavy atom. The number of fused-ring (bicyclic) bond motifs is 1. The van der Waals surface area contributed by atoms with Crippen LogP contribution in [0.15, 0.2) is 36.4 Å². The molecule has 0 N–H and O–H groups in total. The normalized spacial score (nSPS) is 14.6. The molecule has 170 valence electrons. The molecule has 4 rings (SSSR count). The van der Waals surface area contributed by atoms with Crippen LogP contribution in [0.2, 0.25) is 0 Å². The molecule has 1 amide bonds. The largest absolute Gasteiger partial charge is 0.494 e. The van der Waals surface area contributed by atoms with Crippen molar-refractivity contribution in [1.82, 2.24) is 9.88 Å². The summed E-state index contributed by atoms with van der Waals surface area (Å²) >= 11 is 1.59. The van der Waals surface area contributed by atoms with Crippen LogP contribution < -0.4 is 9.64 Å². The number of aromatic nitrogens is 1. The third-order valence-corrected chi connectivity index (χ3v) is 6.69. The predicted octanol–water partition coefficient (Wildman–Crippen LogP) is 4.68. The molecule has 0 bridgehead atoms. The van der Waals surface area contributed by atoms with E-state index in [2.05, 4.69) is 30.9 Å². The Kier molecular flexibility index (Phi) is 7.40. The first-order valence-electron chi connectivity index (χ1n) is 11.3. The van der Waals surface area contributed by atoms with Gasteiger partial charge in [-0.25, -0.2) is 4.98 Å². The Morgan fingerprint density at radius 2 is 1.94 bits per heavy atom. The Balaban J connectivity index is 1.58. The second-order valence-electron chi connectivity index (χ2n) is 8.15. The lowest BCUT2D eigenvalue weighted by molar-refractivity contribution is 0.0376. The number of carbonyl (C=O) groups excluding carboxylic acids is 1. The molecule has 1 fully saturated rings. The van der Waals surface area contributed by atoms with Crippen LogP contribution in [-0.4, -0.2) is 61.8 Å². The second-order valence-corrected chi connectivity index (χ2v) is 9.16. The second kappa shape index (κ2) is 10.4. The lowest BCUT2D eigenvalue weighted by Crippen LogP contribution is -2.39. The third kappa shape index (κ3) is 5.28. The van der Waals surface area contributed by atoms with E-state index in [0.717, 1.165) is 65.9 Å². The van der Waals surface area contributed by atoms with Crippen molar-refractivity contribution < 1.29 is 14.3 Å². The van der Waals surface area contributed by atoms with Gasteiger partial charge in [0.25, 0.3) is 5.91 Å². The maximum absolute atomic E-state index is 13.5. The van der Waals surface area contributed by atoms with Crippen LogP contribution in [-0.2, 0) is 4.74 Å². The Labute approximate surface area is 193 Å². The average molecular weight is 454 g/mol. The highest BCUT2D eigenvalue weighted by atomic mass is 32.1. The van der Waals surface area contributed by atoms with E-state index in [0.29, 0.717) is 18.7 Å². The molecule has 2 heterocycles. The fourth-order valence-corrected chi connectivity index (χ4v) is 5.22. The number of nitrogens with zero attached hydrogens (tertiary/aromatic N) is 3. The predicted molar refractivity (Wildman–Crippen MR) is 130 cm³/mol. The van der Waals surface area contributed by atoms with E-state index in [4.69, 9.17) is 14.5 Å². The van der Waals surface area contributed by atoms with Crippen molar-refractivity contribution in [3.8, 4) is 5.75 Å². The molecule has 7 heteroatoms. The number of aryl methyl sites for hydroxylation is 2. The van der Waals surface area contributed by atoms with Crippen LogP contribution in [0.4, 0.5) is 5.13 Å². The van der Waals surface area contributed by atoms with Crippen molar-refractivity contribution in [1.29, 1.82) is 0 Å². The molecule has 2 aromatic carbocycles. The van der Waals surface area contributed by atoms with Gasteiger partial charge in [0, 0.05) is 31.7 Å². The number of benzene rings is 2. The molecule has 0 aliphatic carbocycles. The van der Waals surface area contributed by atoms with Gasteiger partial charge in [-0.15, -0.1) is 0 Å². The highest BCUT2D eigenvalue weighted by Gasteiger charge is 2.22. The van der Waals surface area contributed by atoms with Crippen molar-refractivity contribution >= 4 is 32.6 Å². The molecule has 0 unspecified atom stereocenters. The standard InChI is InChI=1S/C25H31N3O3S/c1-4-31-21-8-6-20(7-9-21)24(29)28(11-5-10-27-12-14-30-15-13-27)25-26-23-19(3)16-18(2)17-22(23)32-25/h6-9,16-17H,4-5,10-15H2,1-3H3. The maximum atomic E-state index is 13.5. The highest BCUT2D eigenvalue weighted by Crippen LogP contribution is 2.32. The van der Waals surface area contributed by atoms with Crippen LogP contribution in [0.25, 0.3) is 10.2 Å². The first kappa shape index (κ1) is 22.7. The number of carbonyl (C=O) groups is 1. The van der Waals surface area contributed by atoms with Crippen LogP contribution in [0.5, 0.6) is 5.75 Å². The van der Waals surface area contributed by atoms with E-state index in [1.54, 1.807) is 11.3 Å². The molecule has 0 saturated carbocycles. The van der Waals surface area contributed by atoms with Gasteiger partial charge in [-0.2, -0.15) is 0 Å². The molecule has 0 atom stereocenters. The van der Waals surface area contributed by atoms with E-state index in [-0.39, 0.29) is 5.91 Å². The summed E-state index contributed by atoms with van der Waals surface area (Å²) in [6.45, 7) is 11.8. The van der Waals surface area contributed by atoms with Gasteiger partial charge in [-0.05, 0) is 68.7 Å². The van der Waals surface area contributed by atoms with Gasteiger partial charge in [-0.3, -0.25) is 14.6 Å². The number of ether oxygens (including phenoxy) is 2. The molecule has 1 aliphatic heterocycles. The van der Waals surface area contributed by atoms with Crippen LogP contribution in [0.3, 0.4) is 0 Å². The molecule has 1 aliphatic rings. The summed E-state index contributed by atoms with van der Waals surface area (Å²) < 4.78 is 12.1. The van der Waals surface area contributed by atoms with Gasteiger partial charge in [0.2, 0.25) is 0 Å². The molecular formula is C25H31N3O3S. The summed E-state index contributed by atoms with van der Waals surface area (Å²) in [6, 6.07) is 11.7. The highest BCUT2D eigenvalue weighted by molar-refractivity contribution is 7.22. The number of amides is 1. The minimum absolute atomic E-state index is 0.0246. The Bertz CT molecular complexity index is 1060. The van der Waals surface area contributed by atoms with Gasteiger partial charge in [0.1, 0.15) is 5.75 Å². The van der Waals surface area contributed by atoms with Gasteiger partial charge >= 0.3 is 0 Å². The SMILES string of the molecule is CCOc1ccc(C(=O)N(CCCN2CCOCC2)c2nc3c(C)cc(C)cc3s2)cc1. The lowest BCUT2D eigenvalue weighted by atomic mass is 10.1. The van der Waals surface area contributed by atoms with Gasteiger partial charge < -0.3 is 9.47 Å². The Morgan fingerprint density at radius 3 is 2.66 bits per heavy atom.